The van der Waals surface area contributed by atoms with Crippen molar-refractivity contribution in [3.63, 3.8) is 0 Å². The zero-order chi connectivity index (χ0) is 17.9. The zero-order valence-corrected chi connectivity index (χ0v) is 10.3. The van der Waals surface area contributed by atoms with Gasteiger partial charge >= 0.3 is 0 Å². The molecule has 0 aliphatic carbocycles. The van der Waals surface area contributed by atoms with Crippen molar-refractivity contribution in [1.82, 2.24) is 0 Å². The molecule has 0 unspecified atom stereocenters. The summed E-state index contributed by atoms with van der Waals surface area (Å²) in [7, 11) is 0. The minimum absolute atomic E-state index is 0.0612. The van der Waals surface area contributed by atoms with E-state index in [1.807, 2.05) is 0 Å². The van der Waals surface area contributed by atoms with Gasteiger partial charge in [-0.2, -0.15) is 0 Å². The van der Waals surface area contributed by atoms with Gasteiger partial charge in [-0.05, 0) is 35.4 Å². The molecule has 2 heteroatoms. The summed E-state index contributed by atoms with van der Waals surface area (Å²) in [5.74, 6) is 0.0612. The van der Waals surface area contributed by atoms with E-state index >= 15 is 0 Å². The Balaban J connectivity index is 2.20. The van der Waals surface area contributed by atoms with Crippen LogP contribution in [0.15, 0.2) is 71.0 Å². The Labute approximate surface area is 122 Å². The molecule has 1 N–H and O–H groups in total. The summed E-state index contributed by atoms with van der Waals surface area (Å²) in [6.07, 6.45) is 0. The molecule has 1 heterocycles. The Kier molecular flexibility index (Phi) is 1.48. The smallest absolute Gasteiger partial charge is 0.136 e. The Morgan fingerprint density at radius 3 is 2.65 bits per heavy atom. The first-order valence-electron chi connectivity index (χ1n) is 8.61. The van der Waals surface area contributed by atoms with Gasteiger partial charge in [0, 0.05) is 10.8 Å². The van der Waals surface area contributed by atoms with E-state index < -0.39 is 6.04 Å². The molecule has 4 aromatic rings. The van der Waals surface area contributed by atoms with Crippen LogP contribution in [0.5, 0.6) is 5.75 Å². The second kappa shape index (κ2) is 4.14. The van der Waals surface area contributed by atoms with Gasteiger partial charge in [0.1, 0.15) is 16.9 Å². The number of aromatic hydroxyl groups is 1. The van der Waals surface area contributed by atoms with Gasteiger partial charge in [0.2, 0.25) is 0 Å². The van der Waals surface area contributed by atoms with Crippen molar-refractivity contribution in [2.24, 2.45) is 0 Å². The lowest BCUT2D eigenvalue weighted by atomic mass is 9.99. The van der Waals surface area contributed by atoms with Crippen LogP contribution in [0.25, 0.3) is 33.1 Å². The van der Waals surface area contributed by atoms with Crippen molar-refractivity contribution >= 4 is 21.9 Å². The number of phenolic OH excluding ortho intramolecular Hbond substituents is 1. The summed E-state index contributed by atoms with van der Waals surface area (Å²) in [6.45, 7) is 0. The first-order valence-corrected chi connectivity index (χ1v) is 6.11. The van der Waals surface area contributed by atoms with Crippen LogP contribution in [-0.2, 0) is 0 Å². The van der Waals surface area contributed by atoms with E-state index in [0.29, 0.717) is 27.5 Å². The van der Waals surface area contributed by atoms with Crippen LogP contribution >= 0.6 is 0 Å². The second-order valence-electron chi connectivity index (χ2n) is 4.46. The van der Waals surface area contributed by atoms with E-state index in [1.165, 1.54) is 6.07 Å². The number of hydrogen-bond donors (Lipinski definition) is 1. The van der Waals surface area contributed by atoms with Crippen LogP contribution in [0.2, 0.25) is 0 Å². The predicted octanol–water partition coefficient (Wildman–Crippen LogP) is 4.96. The van der Waals surface area contributed by atoms with Crippen LogP contribution in [0.4, 0.5) is 0 Å². The third-order valence-corrected chi connectivity index (χ3v) is 3.25. The molecular formula is C18H12O2. The van der Waals surface area contributed by atoms with E-state index in [4.69, 9.17) is 11.3 Å². The third kappa shape index (κ3) is 1.58. The second-order valence-corrected chi connectivity index (χ2v) is 4.46. The number of fused-ring (bicyclic) bond motifs is 3. The van der Waals surface area contributed by atoms with Gasteiger partial charge in [0.15, 0.2) is 0 Å². The van der Waals surface area contributed by atoms with Gasteiger partial charge in [-0.3, -0.25) is 0 Å². The highest BCUT2D eigenvalue weighted by Gasteiger charge is 2.12. The summed E-state index contributed by atoms with van der Waals surface area (Å²) in [6, 6.07) is 8.08. The molecule has 0 aliphatic heterocycles. The van der Waals surface area contributed by atoms with Crippen LogP contribution in [0.1, 0.15) is 6.85 Å². The van der Waals surface area contributed by atoms with Crippen LogP contribution in [-0.4, -0.2) is 5.11 Å². The summed E-state index contributed by atoms with van der Waals surface area (Å²) < 4.78 is 45.7. The molecule has 0 spiro atoms. The molecule has 2 nitrogen and oxygen atoms in total. The summed E-state index contributed by atoms with van der Waals surface area (Å²) >= 11 is 0. The first kappa shape index (κ1) is 7.15. The summed E-state index contributed by atoms with van der Waals surface area (Å²) in [5, 5.41) is 11.0. The average Bonchev–Trinajstić information content (AvgIpc) is 2.97. The van der Waals surface area contributed by atoms with E-state index in [-0.39, 0.29) is 35.5 Å². The maximum atomic E-state index is 9.80. The van der Waals surface area contributed by atoms with E-state index in [1.54, 1.807) is 30.3 Å². The molecule has 0 radical (unpaired) electrons. The van der Waals surface area contributed by atoms with E-state index in [0.717, 1.165) is 0 Å². The lowest BCUT2D eigenvalue weighted by Gasteiger charge is -2.03. The Morgan fingerprint density at radius 1 is 0.950 bits per heavy atom. The number of hydrogen-bond acceptors (Lipinski definition) is 2. The molecule has 0 fully saturated rings. The lowest BCUT2D eigenvalue weighted by molar-refractivity contribution is 0.476. The molecule has 0 amide bonds. The SMILES string of the molecule is [2H]c1c([2H])c([2H])c(-c2cccc3oc4ccc(O)cc4c23)c([2H])c1[2H]. The fourth-order valence-corrected chi connectivity index (χ4v) is 2.41. The normalized spacial score (nSPS) is 14.7. The van der Waals surface area contributed by atoms with Crippen LogP contribution in [0, 0.1) is 0 Å². The van der Waals surface area contributed by atoms with Gasteiger partial charge in [0.05, 0.1) is 6.85 Å². The molecule has 3 aromatic carbocycles. The van der Waals surface area contributed by atoms with Crippen molar-refractivity contribution in [3.8, 4) is 16.9 Å². The minimum Gasteiger partial charge on any atom is -0.508 e. The predicted molar refractivity (Wildman–Crippen MR) is 80.8 cm³/mol. The lowest BCUT2D eigenvalue weighted by Crippen LogP contribution is -1.78. The molecule has 0 atom stereocenters. The monoisotopic (exact) mass is 265 g/mol. The van der Waals surface area contributed by atoms with Gasteiger partial charge < -0.3 is 9.52 Å². The highest BCUT2D eigenvalue weighted by atomic mass is 16.3. The van der Waals surface area contributed by atoms with Crippen molar-refractivity contribution in [1.29, 1.82) is 0 Å². The molecule has 20 heavy (non-hydrogen) atoms. The Hall–Kier alpha value is -2.74. The van der Waals surface area contributed by atoms with Crippen LogP contribution in [0.3, 0.4) is 0 Å². The van der Waals surface area contributed by atoms with Gasteiger partial charge in [0.25, 0.3) is 0 Å². The average molecular weight is 265 g/mol. The molecule has 0 saturated carbocycles. The highest BCUT2D eigenvalue weighted by molar-refractivity contribution is 6.12. The van der Waals surface area contributed by atoms with Gasteiger partial charge in [-0.25, -0.2) is 0 Å². The fourth-order valence-electron chi connectivity index (χ4n) is 2.41. The largest absolute Gasteiger partial charge is 0.508 e. The molecule has 0 bridgehead atoms. The molecule has 0 saturated heterocycles. The molecule has 0 aliphatic rings. The van der Waals surface area contributed by atoms with Gasteiger partial charge in [-0.1, -0.05) is 42.3 Å². The van der Waals surface area contributed by atoms with Gasteiger partial charge in [-0.15, -0.1) is 0 Å². The van der Waals surface area contributed by atoms with E-state index in [9.17, 15) is 5.11 Å². The first-order chi connectivity index (χ1) is 11.9. The quantitative estimate of drug-likeness (QED) is 0.527. The van der Waals surface area contributed by atoms with Crippen LogP contribution < -0.4 is 0 Å². The Bertz CT molecular complexity index is 1130. The number of phenols is 1. The van der Waals surface area contributed by atoms with Crippen molar-refractivity contribution < 1.29 is 16.4 Å². The van der Waals surface area contributed by atoms with Crippen molar-refractivity contribution in [2.45, 2.75) is 0 Å². The highest BCUT2D eigenvalue weighted by Crippen LogP contribution is 2.37. The zero-order valence-electron chi connectivity index (χ0n) is 15.3. The summed E-state index contributed by atoms with van der Waals surface area (Å²) in [5.41, 5.74) is 1.65. The minimum atomic E-state index is -0.430. The topological polar surface area (TPSA) is 33.4 Å². The van der Waals surface area contributed by atoms with Crippen molar-refractivity contribution in [3.05, 3.63) is 66.6 Å². The number of rotatable bonds is 1. The standard InChI is InChI=1S/C18H12O2/c19-13-9-10-16-15(11-13)18-14(7-4-8-17(18)20-16)12-5-2-1-3-6-12/h1-11,19H/i1D,2D,3D,5D,6D. The molecule has 96 valence electrons. The Morgan fingerprint density at radius 2 is 1.80 bits per heavy atom. The van der Waals surface area contributed by atoms with E-state index in [2.05, 4.69) is 0 Å². The number of benzene rings is 3. The maximum absolute atomic E-state index is 9.80. The number of furan rings is 1. The van der Waals surface area contributed by atoms with Crippen molar-refractivity contribution in [2.75, 3.05) is 0 Å². The maximum Gasteiger partial charge on any atom is 0.136 e. The third-order valence-electron chi connectivity index (χ3n) is 3.25. The summed E-state index contributed by atoms with van der Waals surface area (Å²) in [4.78, 5) is 0. The molecule has 1 aromatic heterocycles. The fraction of sp³-hybridized carbons (Fsp3) is 0. The molecular weight excluding hydrogens is 248 g/mol. The molecule has 4 rings (SSSR count).